The average Bonchev–Trinajstić information content (AvgIpc) is 2.31. The summed E-state index contributed by atoms with van der Waals surface area (Å²) in [5.74, 6) is 1.60. The van der Waals surface area contributed by atoms with E-state index >= 15 is 0 Å². The molecular formula is C14H22FNS. The molecule has 0 aliphatic carbocycles. The maximum Gasteiger partial charge on any atom is 0.123 e. The summed E-state index contributed by atoms with van der Waals surface area (Å²) in [5.41, 5.74) is 7.14. The highest BCUT2D eigenvalue weighted by atomic mass is 32.2. The van der Waals surface area contributed by atoms with Crippen LogP contribution in [0.4, 0.5) is 4.39 Å². The van der Waals surface area contributed by atoms with Gasteiger partial charge in [-0.15, -0.1) is 0 Å². The van der Waals surface area contributed by atoms with Crippen molar-refractivity contribution in [1.29, 1.82) is 0 Å². The predicted molar refractivity (Wildman–Crippen MR) is 74.7 cm³/mol. The Morgan fingerprint density at radius 1 is 1.24 bits per heavy atom. The summed E-state index contributed by atoms with van der Waals surface area (Å²) < 4.78 is 12.9. The third-order valence-corrected chi connectivity index (χ3v) is 4.76. The lowest BCUT2D eigenvalue weighted by molar-refractivity contribution is 0.623. The molecule has 1 aromatic carbocycles. The summed E-state index contributed by atoms with van der Waals surface area (Å²) in [4.78, 5) is 0. The Morgan fingerprint density at radius 3 is 2.29 bits per heavy atom. The van der Waals surface area contributed by atoms with Crippen molar-refractivity contribution < 1.29 is 4.39 Å². The summed E-state index contributed by atoms with van der Waals surface area (Å²) in [6.07, 6.45) is 1.18. The van der Waals surface area contributed by atoms with E-state index in [-0.39, 0.29) is 17.1 Å². The number of rotatable bonds is 6. The van der Waals surface area contributed by atoms with Crippen LogP contribution in [-0.4, -0.2) is 11.8 Å². The number of thioether (sulfide) groups is 1. The van der Waals surface area contributed by atoms with Crippen molar-refractivity contribution in [3.8, 4) is 0 Å². The lowest BCUT2D eigenvalue weighted by Crippen LogP contribution is -2.23. The first-order valence-electron chi connectivity index (χ1n) is 6.17. The van der Waals surface area contributed by atoms with Crippen molar-refractivity contribution in [3.63, 3.8) is 0 Å². The average molecular weight is 255 g/mol. The summed E-state index contributed by atoms with van der Waals surface area (Å²) >= 11 is 1.87. The van der Waals surface area contributed by atoms with Crippen LogP contribution in [0.3, 0.4) is 0 Å². The molecule has 96 valence electrons. The highest BCUT2D eigenvalue weighted by molar-refractivity contribution is 7.99. The van der Waals surface area contributed by atoms with Crippen molar-refractivity contribution in [2.75, 3.05) is 5.75 Å². The fourth-order valence-corrected chi connectivity index (χ4v) is 3.01. The van der Waals surface area contributed by atoms with E-state index in [9.17, 15) is 4.39 Å². The van der Waals surface area contributed by atoms with Crippen LogP contribution in [-0.2, 0) is 0 Å². The van der Waals surface area contributed by atoms with Crippen LogP contribution in [0.25, 0.3) is 0 Å². The van der Waals surface area contributed by atoms with Crippen LogP contribution >= 0.6 is 11.8 Å². The van der Waals surface area contributed by atoms with Gasteiger partial charge in [0.05, 0.1) is 0 Å². The van der Waals surface area contributed by atoms with Gasteiger partial charge in [-0.3, -0.25) is 0 Å². The molecule has 1 nitrogen and oxygen atoms in total. The summed E-state index contributed by atoms with van der Waals surface area (Å²) in [6.45, 7) is 6.46. The highest BCUT2D eigenvalue weighted by Crippen LogP contribution is 2.33. The van der Waals surface area contributed by atoms with Crippen molar-refractivity contribution in [3.05, 3.63) is 35.6 Å². The molecule has 0 aromatic heterocycles. The van der Waals surface area contributed by atoms with E-state index in [0.29, 0.717) is 5.92 Å². The zero-order valence-corrected chi connectivity index (χ0v) is 11.6. The maximum absolute atomic E-state index is 12.9. The van der Waals surface area contributed by atoms with Gasteiger partial charge in [0.2, 0.25) is 0 Å². The SMILES string of the molecule is CCC(C)CSC(c1ccc(F)cc1)C(C)N. The molecule has 0 spiro atoms. The second-order valence-electron chi connectivity index (χ2n) is 4.68. The molecule has 0 radical (unpaired) electrons. The third kappa shape index (κ3) is 4.68. The van der Waals surface area contributed by atoms with E-state index in [1.54, 1.807) is 0 Å². The Bertz CT molecular complexity index is 323. The molecule has 3 heteroatoms. The zero-order chi connectivity index (χ0) is 12.8. The monoisotopic (exact) mass is 255 g/mol. The number of benzene rings is 1. The predicted octanol–water partition coefficient (Wildman–Crippen LogP) is 3.99. The molecule has 3 unspecified atom stereocenters. The summed E-state index contributed by atoms with van der Waals surface area (Å²) in [5, 5.41) is 0.254. The maximum atomic E-state index is 12.9. The molecule has 0 heterocycles. The van der Waals surface area contributed by atoms with Gasteiger partial charge in [0.25, 0.3) is 0 Å². The van der Waals surface area contributed by atoms with Gasteiger partial charge in [0, 0.05) is 11.3 Å². The fraction of sp³-hybridized carbons (Fsp3) is 0.571. The minimum absolute atomic E-state index is 0.0783. The lowest BCUT2D eigenvalue weighted by atomic mass is 10.1. The Morgan fingerprint density at radius 2 is 1.82 bits per heavy atom. The van der Waals surface area contributed by atoms with Crippen LogP contribution in [0.1, 0.15) is 38.0 Å². The summed E-state index contributed by atoms with van der Waals surface area (Å²) in [6, 6.07) is 6.78. The fourth-order valence-electron chi connectivity index (χ4n) is 1.59. The molecule has 0 amide bonds. The van der Waals surface area contributed by atoms with E-state index < -0.39 is 0 Å². The van der Waals surface area contributed by atoms with E-state index in [1.165, 1.54) is 18.6 Å². The Hall–Kier alpha value is -0.540. The van der Waals surface area contributed by atoms with Gasteiger partial charge in [-0.25, -0.2) is 4.39 Å². The topological polar surface area (TPSA) is 26.0 Å². The van der Waals surface area contributed by atoms with Crippen LogP contribution in [0.5, 0.6) is 0 Å². The molecule has 0 aliphatic rings. The quantitative estimate of drug-likeness (QED) is 0.831. The molecule has 1 aromatic rings. The highest BCUT2D eigenvalue weighted by Gasteiger charge is 2.17. The molecule has 1 rings (SSSR count). The van der Waals surface area contributed by atoms with Crippen LogP contribution in [0.15, 0.2) is 24.3 Å². The minimum Gasteiger partial charge on any atom is -0.327 e. The second-order valence-corrected chi connectivity index (χ2v) is 5.85. The van der Waals surface area contributed by atoms with Crippen molar-refractivity contribution in [2.45, 2.75) is 38.5 Å². The molecule has 2 N–H and O–H groups in total. The number of nitrogens with two attached hydrogens (primary N) is 1. The van der Waals surface area contributed by atoms with Gasteiger partial charge in [-0.05, 0) is 36.3 Å². The van der Waals surface area contributed by atoms with Gasteiger partial charge in [-0.2, -0.15) is 11.8 Å². The molecule has 17 heavy (non-hydrogen) atoms. The van der Waals surface area contributed by atoms with Crippen LogP contribution in [0, 0.1) is 11.7 Å². The first-order chi connectivity index (χ1) is 8.04. The van der Waals surface area contributed by atoms with E-state index in [1.807, 2.05) is 30.8 Å². The van der Waals surface area contributed by atoms with Gasteiger partial charge in [0.15, 0.2) is 0 Å². The van der Waals surface area contributed by atoms with Crippen molar-refractivity contribution in [2.24, 2.45) is 11.7 Å². The second kappa shape index (κ2) is 7.02. The van der Waals surface area contributed by atoms with Crippen molar-refractivity contribution >= 4 is 11.8 Å². The molecule has 0 bridgehead atoms. The molecule has 0 aliphatic heterocycles. The molecular weight excluding hydrogens is 233 g/mol. The molecule has 0 fully saturated rings. The van der Waals surface area contributed by atoms with Gasteiger partial charge >= 0.3 is 0 Å². The summed E-state index contributed by atoms with van der Waals surface area (Å²) in [7, 11) is 0. The first kappa shape index (κ1) is 14.5. The molecule has 0 saturated heterocycles. The lowest BCUT2D eigenvalue weighted by Gasteiger charge is -2.22. The standard InChI is InChI=1S/C14H22FNS/c1-4-10(2)9-17-14(11(3)16)12-5-7-13(15)8-6-12/h5-8,10-11,14H,4,9,16H2,1-3H3. The van der Waals surface area contributed by atoms with E-state index in [0.717, 1.165) is 11.3 Å². The largest absolute Gasteiger partial charge is 0.327 e. The smallest absolute Gasteiger partial charge is 0.123 e. The Labute approximate surface area is 108 Å². The van der Waals surface area contributed by atoms with Gasteiger partial charge in [-0.1, -0.05) is 32.4 Å². The van der Waals surface area contributed by atoms with Crippen LogP contribution < -0.4 is 5.73 Å². The zero-order valence-electron chi connectivity index (χ0n) is 10.8. The van der Waals surface area contributed by atoms with Gasteiger partial charge in [0.1, 0.15) is 5.82 Å². The Kier molecular flexibility index (Phi) is 6.00. The van der Waals surface area contributed by atoms with E-state index in [2.05, 4.69) is 13.8 Å². The number of hydrogen-bond acceptors (Lipinski definition) is 2. The van der Waals surface area contributed by atoms with Crippen molar-refractivity contribution in [1.82, 2.24) is 0 Å². The minimum atomic E-state index is -0.191. The molecule has 0 saturated carbocycles. The van der Waals surface area contributed by atoms with Crippen LogP contribution in [0.2, 0.25) is 0 Å². The normalized spacial score (nSPS) is 16.5. The van der Waals surface area contributed by atoms with Gasteiger partial charge < -0.3 is 5.73 Å². The first-order valence-corrected chi connectivity index (χ1v) is 7.22. The Balaban J connectivity index is 2.69. The molecule has 3 atom stereocenters. The van der Waals surface area contributed by atoms with E-state index in [4.69, 9.17) is 5.73 Å². The number of halogens is 1. The number of hydrogen-bond donors (Lipinski definition) is 1. The third-order valence-electron chi connectivity index (χ3n) is 2.93.